The molecule has 4 nitrogen and oxygen atoms in total. The van der Waals surface area contributed by atoms with Crippen LogP contribution in [-0.2, 0) is 0 Å². The normalized spacial score (nSPS) is 17.4. The molecule has 5 heteroatoms. The lowest BCUT2D eigenvalue weighted by atomic mass is 9.96. The largest absolute Gasteiger partial charge is 0.397 e. The molecule has 20 heavy (non-hydrogen) atoms. The Balaban J connectivity index is 2.07. The van der Waals surface area contributed by atoms with Crippen LogP contribution in [0.25, 0.3) is 0 Å². The molecule has 0 heterocycles. The molecule has 0 aromatic heterocycles. The SMILES string of the molecule is CN(C)C1(CNC(=O)c2cccc(Cl)c2N)CCCC1. The number of nitrogens with two attached hydrogens (primary N) is 1. The molecule has 0 spiro atoms. The number of nitrogens with one attached hydrogen (secondary N) is 1. The number of benzene rings is 1. The molecule has 1 amide bonds. The minimum atomic E-state index is -0.155. The molecule has 0 saturated heterocycles. The Morgan fingerprint density at radius 2 is 2.05 bits per heavy atom. The second-order valence-electron chi connectivity index (χ2n) is 5.71. The van der Waals surface area contributed by atoms with E-state index in [2.05, 4.69) is 24.3 Å². The van der Waals surface area contributed by atoms with E-state index in [-0.39, 0.29) is 11.4 Å². The number of nitrogens with zero attached hydrogens (tertiary/aromatic N) is 1. The van der Waals surface area contributed by atoms with Crippen molar-refractivity contribution >= 4 is 23.2 Å². The predicted molar refractivity (Wildman–Crippen MR) is 83.1 cm³/mol. The molecule has 3 N–H and O–H groups in total. The molecule has 1 aliphatic carbocycles. The predicted octanol–water partition coefficient (Wildman–Crippen LogP) is 2.53. The van der Waals surface area contributed by atoms with Gasteiger partial charge in [-0.3, -0.25) is 4.79 Å². The maximum atomic E-state index is 12.3. The van der Waals surface area contributed by atoms with Crippen molar-refractivity contribution in [2.24, 2.45) is 0 Å². The Labute approximate surface area is 125 Å². The zero-order chi connectivity index (χ0) is 14.8. The molecule has 0 unspecified atom stereocenters. The molecule has 1 aliphatic rings. The molecular weight excluding hydrogens is 274 g/mol. The highest BCUT2D eigenvalue weighted by atomic mass is 35.5. The van der Waals surface area contributed by atoms with Gasteiger partial charge in [-0.15, -0.1) is 0 Å². The molecule has 0 atom stereocenters. The lowest BCUT2D eigenvalue weighted by Gasteiger charge is -2.36. The van der Waals surface area contributed by atoms with Crippen LogP contribution in [0.15, 0.2) is 18.2 Å². The van der Waals surface area contributed by atoms with Gasteiger partial charge in [-0.05, 0) is 39.1 Å². The maximum Gasteiger partial charge on any atom is 0.253 e. The van der Waals surface area contributed by atoms with E-state index in [9.17, 15) is 4.79 Å². The summed E-state index contributed by atoms with van der Waals surface area (Å²) in [6, 6.07) is 5.13. The number of likely N-dealkylation sites (N-methyl/N-ethyl adjacent to an activating group) is 1. The van der Waals surface area contributed by atoms with Gasteiger partial charge >= 0.3 is 0 Å². The minimum absolute atomic E-state index is 0.0724. The van der Waals surface area contributed by atoms with Crippen molar-refractivity contribution in [1.82, 2.24) is 10.2 Å². The zero-order valence-electron chi connectivity index (χ0n) is 12.1. The van der Waals surface area contributed by atoms with Crippen LogP contribution in [0.4, 0.5) is 5.69 Å². The highest BCUT2D eigenvalue weighted by Gasteiger charge is 2.36. The number of nitrogen functional groups attached to an aromatic ring is 1. The Hall–Kier alpha value is -1.26. The first-order valence-electron chi connectivity index (χ1n) is 6.96. The third-order valence-electron chi connectivity index (χ3n) is 4.36. The van der Waals surface area contributed by atoms with Gasteiger partial charge in [-0.25, -0.2) is 0 Å². The van der Waals surface area contributed by atoms with Gasteiger partial charge in [0.05, 0.1) is 16.3 Å². The van der Waals surface area contributed by atoms with Gasteiger partial charge in [0.15, 0.2) is 0 Å². The second-order valence-corrected chi connectivity index (χ2v) is 6.12. The van der Waals surface area contributed by atoms with Gasteiger partial charge in [0, 0.05) is 12.1 Å². The van der Waals surface area contributed by atoms with Crippen LogP contribution in [0, 0.1) is 0 Å². The van der Waals surface area contributed by atoms with E-state index >= 15 is 0 Å². The van der Waals surface area contributed by atoms with Gasteiger partial charge in [0.25, 0.3) is 5.91 Å². The first-order valence-corrected chi connectivity index (χ1v) is 7.34. The van der Waals surface area contributed by atoms with E-state index in [4.69, 9.17) is 17.3 Å². The molecule has 0 aliphatic heterocycles. The second kappa shape index (κ2) is 6.02. The van der Waals surface area contributed by atoms with Crippen molar-refractivity contribution in [1.29, 1.82) is 0 Å². The fourth-order valence-corrected chi connectivity index (χ4v) is 3.06. The van der Waals surface area contributed by atoms with Crippen molar-refractivity contribution in [3.63, 3.8) is 0 Å². The molecule has 110 valence electrons. The van der Waals surface area contributed by atoms with Crippen LogP contribution >= 0.6 is 11.6 Å². The molecular formula is C15H22ClN3O. The molecule has 1 fully saturated rings. The summed E-state index contributed by atoms with van der Waals surface area (Å²) in [6.07, 6.45) is 4.66. The van der Waals surface area contributed by atoms with Gasteiger partial charge < -0.3 is 16.0 Å². The number of hydrogen-bond acceptors (Lipinski definition) is 3. The Morgan fingerprint density at radius 3 is 2.65 bits per heavy atom. The molecule has 0 bridgehead atoms. The molecule has 2 rings (SSSR count). The van der Waals surface area contributed by atoms with E-state index in [0.717, 1.165) is 12.8 Å². The number of carbonyl (C=O) groups is 1. The number of amides is 1. The van der Waals surface area contributed by atoms with Crippen LogP contribution in [0.5, 0.6) is 0 Å². The number of rotatable bonds is 4. The zero-order valence-corrected chi connectivity index (χ0v) is 12.8. The van der Waals surface area contributed by atoms with Crippen molar-refractivity contribution in [2.45, 2.75) is 31.2 Å². The minimum Gasteiger partial charge on any atom is -0.397 e. The third-order valence-corrected chi connectivity index (χ3v) is 4.69. The fraction of sp³-hybridized carbons (Fsp3) is 0.533. The van der Waals surface area contributed by atoms with Gasteiger partial charge in [-0.2, -0.15) is 0 Å². The van der Waals surface area contributed by atoms with E-state index in [0.29, 0.717) is 22.8 Å². The van der Waals surface area contributed by atoms with Crippen LogP contribution < -0.4 is 11.1 Å². The topological polar surface area (TPSA) is 58.4 Å². The van der Waals surface area contributed by atoms with E-state index in [1.54, 1.807) is 18.2 Å². The average molecular weight is 296 g/mol. The first-order chi connectivity index (χ1) is 9.46. The highest BCUT2D eigenvalue weighted by molar-refractivity contribution is 6.33. The Kier molecular flexibility index (Phi) is 4.55. The third kappa shape index (κ3) is 2.91. The van der Waals surface area contributed by atoms with Gasteiger partial charge in [0.2, 0.25) is 0 Å². The average Bonchev–Trinajstić information content (AvgIpc) is 2.89. The molecule has 1 aromatic carbocycles. The summed E-state index contributed by atoms with van der Waals surface area (Å²) in [4.78, 5) is 14.5. The summed E-state index contributed by atoms with van der Waals surface area (Å²) >= 11 is 5.95. The Bertz CT molecular complexity index is 496. The number of anilines is 1. The highest BCUT2D eigenvalue weighted by Crippen LogP contribution is 2.33. The summed E-state index contributed by atoms with van der Waals surface area (Å²) in [5.74, 6) is -0.155. The summed E-state index contributed by atoms with van der Waals surface area (Å²) in [6.45, 7) is 0.644. The van der Waals surface area contributed by atoms with E-state index in [1.807, 2.05) is 0 Å². The number of carbonyl (C=O) groups excluding carboxylic acids is 1. The summed E-state index contributed by atoms with van der Waals surface area (Å²) < 4.78 is 0. The summed E-state index contributed by atoms with van der Waals surface area (Å²) in [5.41, 5.74) is 6.72. The van der Waals surface area contributed by atoms with Crippen LogP contribution in [0.1, 0.15) is 36.0 Å². The quantitative estimate of drug-likeness (QED) is 0.839. The lowest BCUT2D eigenvalue weighted by Crippen LogP contribution is -2.50. The molecule has 1 saturated carbocycles. The number of halogens is 1. The number of para-hydroxylation sites is 1. The fourth-order valence-electron chi connectivity index (χ4n) is 2.89. The molecule has 1 aromatic rings. The van der Waals surface area contributed by atoms with Crippen LogP contribution in [-0.4, -0.2) is 37.0 Å². The molecule has 0 radical (unpaired) electrons. The van der Waals surface area contributed by atoms with Crippen molar-refractivity contribution in [3.05, 3.63) is 28.8 Å². The monoisotopic (exact) mass is 295 g/mol. The Morgan fingerprint density at radius 1 is 1.40 bits per heavy atom. The standard InChI is InChI=1S/C15H22ClN3O/c1-19(2)15(8-3-4-9-15)10-18-14(20)11-6-5-7-12(16)13(11)17/h5-7H,3-4,8-10,17H2,1-2H3,(H,18,20). The van der Waals surface area contributed by atoms with E-state index in [1.165, 1.54) is 12.8 Å². The van der Waals surface area contributed by atoms with Crippen molar-refractivity contribution in [2.75, 3.05) is 26.4 Å². The number of hydrogen-bond donors (Lipinski definition) is 2. The van der Waals surface area contributed by atoms with E-state index < -0.39 is 0 Å². The van der Waals surface area contributed by atoms with Gasteiger partial charge in [0.1, 0.15) is 0 Å². The van der Waals surface area contributed by atoms with Crippen molar-refractivity contribution in [3.8, 4) is 0 Å². The first kappa shape index (κ1) is 15.1. The summed E-state index contributed by atoms with van der Waals surface area (Å²) in [7, 11) is 4.15. The van der Waals surface area contributed by atoms with Gasteiger partial charge in [-0.1, -0.05) is 30.5 Å². The maximum absolute atomic E-state index is 12.3. The smallest absolute Gasteiger partial charge is 0.253 e. The van der Waals surface area contributed by atoms with Crippen LogP contribution in [0.2, 0.25) is 5.02 Å². The lowest BCUT2D eigenvalue weighted by molar-refractivity contribution is 0.0901. The summed E-state index contributed by atoms with van der Waals surface area (Å²) in [5, 5.41) is 3.43. The van der Waals surface area contributed by atoms with Crippen LogP contribution in [0.3, 0.4) is 0 Å². The van der Waals surface area contributed by atoms with Crippen molar-refractivity contribution < 1.29 is 4.79 Å².